The smallest absolute Gasteiger partial charge is 0.143 e. The summed E-state index contributed by atoms with van der Waals surface area (Å²) in [5.74, 6) is 0. The molecule has 7 aromatic carbocycles. The number of nitrogens with zero attached hydrogens (tertiary/aromatic N) is 1. The van der Waals surface area contributed by atoms with Crippen LogP contribution in [-0.2, 0) is 0 Å². The van der Waals surface area contributed by atoms with Crippen molar-refractivity contribution in [3.05, 3.63) is 152 Å². The van der Waals surface area contributed by atoms with Crippen molar-refractivity contribution >= 4 is 79.4 Å². The molecule has 0 saturated heterocycles. The Labute approximate surface area is 279 Å². The number of furan rings is 2. The third kappa shape index (κ3) is 3.93. The molecule has 2 aromatic heterocycles. The lowest BCUT2D eigenvalue weighted by Gasteiger charge is -2.28. The average Bonchev–Trinajstić information content (AvgIpc) is 3.77. The highest BCUT2D eigenvalue weighted by atomic mass is 28.3. The molecular formula is C44H31NO2Si. The Hall–Kier alpha value is -5.84. The molecule has 0 saturated carbocycles. The van der Waals surface area contributed by atoms with E-state index in [2.05, 4.69) is 158 Å². The minimum Gasteiger partial charge on any atom is -0.456 e. The zero-order valence-corrected chi connectivity index (χ0v) is 27.7. The van der Waals surface area contributed by atoms with Gasteiger partial charge >= 0.3 is 0 Å². The van der Waals surface area contributed by atoms with E-state index in [9.17, 15) is 0 Å². The van der Waals surface area contributed by atoms with Crippen molar-refractivity contribution in [2.24, 2.45) is 0 Å². The fourth-order valence-electron chi connectivity index (χ4n) is 7.86. The fourth-order valence-corrected chi connectivity index (χ4v) is 10.9. The van der Waals surface area contributed by atoms with Crippen LogP contribution in [0.2, 0.25) is 13.1 Å². The van der Waals surface area contributed by atoms with Gasteiger partial charge < -0.3 is 13.7 Å². The Bertz CT molecular complexity index is 2700. The summed E-state index contributed by atoms with van der Waals surface area (Å²) < 4.78 is 12.8. The summed E-state index contributed by atoms with van der Waals surface area (Å²) in [6, 6.07) is 54.4. The highest BCUT2D eigenvalue weighted by molar-refractivity contribution is 7.04. The zero-order valence-electron chi connectivity index (χ0n) is 26.7. The fraction of sp³-hybridized carbons (Fsp3) is 0.0455. The van der Waals surface area contributed by atoms with E-state index in [1.807, 2.05) is 12.1 Å². The Balaban J connectivity index is 1.17. The van der Waals surface area contributed by atoms with Gasteiger partial charge in [0, 0.05) is 44.2 Å². The molecule has 0 unspecified atom stereocenters. The maximum Gasteiger partial charge on any atom is 0.143 e. The lowest BCUT2D eigenvalue weighted by atomic mass is 10.0. The third-order valence-electron chi connectivity index (χ3n) is 10.3. The minimum atomic E-state index is -2.05. The minimum absolute atomic E-state index is 0.895. The molecule has 0 N–H and O–H groups in total. The van der Waals surface area contributed by atoms with Crippen LogP contribution in [0, 0.1) is 0 Å². The molecule has 3 nitrogen and oxygen atoms in total. The van der Waals surface area contributed by atoms with Crippen molar-refractivity contribution in [1.82, 2.24) is 0 Å². The van der Waals surface area contributed by atoms with Crippen molar-refractivity contribution in [3.8, 4) is 22.3 Å². The van der Waals surface area contributed by atoms with Crippen LogP contribution in [0.15, 0.2) is 160 Å². The van der Waals surface area contributed by atoms with Crippen molar-refractivity contribution in [2.75, 3.05) is 4.90 Å². The molecule has 48 heavy (non-hydrogen) atoms. The molecule has 228 valence electrons. The van der Waals surface area contributed by atoms with Crippen LogP contribution >= 0.6 is 0 Å². The Morgan fingerprint density at radius 3 is 1.83 bits per heavy atom. The molecule has 1 aliphatic rings. The van der Waals surface area contributed by atoms with Gasteiger partial charge in [0.15, 0.2) is 0 Å². The van der Waals surface area contributed by atoms with Crippen molar-refractivity contribution < 1.29 is 8.83 Å². The normalized spacial score (nSPS) is 13.4. The van der Waals surface area contributed by atoms with Crippen LogP contribution in [-0.4, -0.2) is 8.07 Å². The van der Waals surface area contributed by atoms with Crippen LogP contribution < -0.4 is 15.3 Å². The van der Waals surface area contributed by atoms with Crippen LogP contribution in [0.4, 0.5) is 17.1 Å². The van der Waals surface area contributed by atoms with E-state index in [0.29, 0.717) is 0 Å². The molecule has 0 amide bonds. The molecule has 0 fully saturated rings. The summed E-state index contributed by atoms with van der Waals surface area (Å²) in [7, 11) is -2.05. The molecule has 0 bridgehead atoms. The van der Waals surface area contributed by atoms with E-state index >= 15 is 0 Å². The lowest BCUT2D eigenvalue weighted by Crippen LogP contribution is -2.49. The second kappa shape index (κ2) is 10.1. The number of hydrogen-bond donors (Lipinski definition) is 0. The molecule has 3 heterocycles. The molecule has 1 aliphatic heterocycles. The van der Waals surface area contributed by atoms with E-state index in [1.54, 1.807) is 0 Å². The molecular weight excluding hydrogens is 603 g/mol. The third-order valence-corrected chi connectivity index (χ3v) is 13.8. The maximum absolute atomic E-state index is 6.58. The Morgan fingerprint density at radius 2 is 1.04 bits per heavy atom. The van der Waals surface area contributed by atoms with E-state index in [1.165, 1.54) is 43.4 Å². The van der Waals surface area contributed by atoms with E-state index in [0.717, 1.165) is 50.2 Å². The summed E-state index contributed by atoms with van der Waals surface area (Å²) in [4.78, 5) is 2.39. The Morgan fingerprint density at radius 1 is 0.438 bits per heavy atom. The standard InChI is InChI=1S/C44H31NO2Si/c1-48(2)41-25-23-35-33-12-6-9-15-39(33)47-44(35)43(41)36-22-20-32(27-42(36)48)45(30-18-16-29(17-19-30)28-10-4-3-5-11-28)31-21-24-40-37(26-31)34-13-7-8-14-38(34)46-40/h3-27H,1-2H3. The zero-order chi connectivity index (χ0) is 32.0. The average molecular weight is 634 g/mol. The van der Waals surface area contributed by atoms with Crippen molar-refractivity contribution in [2.45, 2.75) is 13.1 Å². The number of fused-ring (bicyclic) bond motifs is 10. The molecule has 0 radical (unpaired) electrons. The highest BCUT2D eigenvalue weighted by Gasteiger charge is 2.40. The summed E-state index contributed by atoms with van der Waals surface area (Å²) in [6.45, 7) is 4.94. The summed E-state index contributed by atoms with van der Waals surface area (Å²) in [6.07, 6.45) is 0. The lowest BCUT2D eigenvalue weighted by molar-refractivity contribution is 0.669. The quantitative estimate of drug-likeness (QED) is 0.181. The first-order valence-corrected chi connectivity index (χ1v) is 19.5. The number of hydrogen-bond acceptors (Lipinski definition) is 3. The predicted octanol–water partition coefficient (Wildman–Crippen LogP) is 11.4. The van der Waals surface area contributed by atoms with Gasteiger partial charge in [-0.25, -0.2) is 0 Å². The van der Waals surface area contributed by atoms with Gasteiger partial charge in [0.1, 0.15) is 30.4 Å². The SMILES string of the molecule is C[Si]1(C)c2cc(N(c3ccc(-c4ccccc4)cc3)c3ccc4oc5ccccc5c4c3)ccc2-c2c1ccc1c2oc2ccccc21. The van der Waals surface area contributed by atoms with Gasteiger partial charge in [0.2, 0.25) is 0 Å². The van der Waals surface area contributed by atoms with Gasteiger partial charge in [0.25, 0.3) is 0 Å². The van der Waals surface area contributed by atoms with E-state index in [-0.39, 0.29) is 0 Å². The summed E-state index contributed by atoms with van der Waals surface area (Å²) >= 11 is 0. The van der Waals surface area contributed by atoms with Crippen LogP contribution in [0.3, 0.4) is 0 Å². The van der Waals surface area contributed by atoms with Gasteiger partial charge in [-0.3, -0.25) is 0 Å². The molecule has 4 heteroatoms. The monoisotopic (exact) mass is 633 g/mol. The van der Waals surface area contributed by atoms with Crippen molar-refractivity contribution in [3.63, 3.8) is 0 Å². The summed E-state index contributed by atoms with van der Waals surface area (Å²) in [5, 5.41) is 7.47. The number of benzene rings is 7. The summed E-state index contributed by atoms with van der Waals surface area (Å²) in [5.41, 5.74) is 12.1. The van der Waals surface area contributed by atoms with Gasteiger partial charge in [-0.15, -0.1) is 0 Å². The van der Waals surface area contributed by atoms with Crippen LogP contribution in [0.25, 0.3) is 66.1 Å². The van der Waals surface area contributed by atoms with Crippen LogP contribution in [0.5, 0.6) is 0 Å². The van der Waals surface area contributed by atoms with Gasteiger partial charge in [-0.2, -0.15) is 0 Å². The van der Waals surface area contributed by atoms with Gasteiger partial charge in [0.05, 0.1) is 0 Å². The first-order chi connectivity index (χ1) is 23.5. The number of rotatable bonds is 4. The molecule has 0 spiro atoms. The Kier molecular flexibility index (Phi) is 5.73. The first-order valence-electron chi connectivity index (χ1n) is 16.5. The van der Waals surface area contributed by atoms with Gasteiger partial charge in [-0.05, 0) is 81.7 Å². The molecule has 0 atom stereocenters. The highest BCUT2D eigenvalue weighted by Crippen LogP contribution is 2.43. The number of para-hydroxylation sites is 2. The van der Waals surface area contributed by atoms with Crippen molar-refractivity contribution in [1.29, 1.82) is 0 Å². The molecule has 9 aromatic rings. The first kappa shape index (κ1) is 27.3. The van der Waals surface area contributed by atoms with E-state index in [4.69, 9.17) is 8.83 Å². The second-order valence-corrected chi connectivity index (χ2v) is 17.7. The molecule has 0 aliphatic carbocycles. The van der Waals surface area contributed by atoms with Gasteiger partial charge in [-0.1, -0.05) is 110 Å². The largest absolute Gasteiger partial charge is 0.456 e. The predicted molar refractivity (Wildman–Crippen MR) is 203 cm³/mol. The van der Waals surface area contributed by atoms with E-state index < -0.39 is 8.07 Å². The topological polar surface area (TPSA) is 29.5 Å². The van der Waals surface area contributed by atoms with Crippen LogP contribution in [0.1, 0.15) is 0 Å². The molecule has 10 rings (SSSR count). The second-order valence-electron chi connectivity index (χ2n) is 13.3. The number of anilines is 3. The maximum atomic E-state index is 6.58.